The van der Waals surface area contributed by atoms with Gasteiger partial charge in [-0.1, -0.05) is 23.3 Å². The third-order valence-electron chi connectivity index (χ3n) is 1.99. The highest BCUT2D eigenvalue weighted by atomic mass is 15.6. The van der Waals surface area contributed by atoms with E-state index in [4.69, 9.17) is 5.26 Å². The van der Waals surface area contributed by atoms with Crippen LogP contribution in [0.3, 0.4) is 0 Å². The first kappa shape index (κ1) is 10.1. The Morgan fingerprint density at radius 3 is 2.88 bits per heavy atom. The molecular formula is C10H10N6. The fraction of sp³-hybridized carbons (Fsp3) is 0.200. The van der Waals surface area contributed by atoms with Gasteiger partial charge in [-0.3, -0.25) is 0 Å². The second-order valence-electron chi connectivity index (χ2n) is 3.08. The quantitative estimate of drug-likeness (QED) is 0.767. The molecule has 0 spiro atoms. The Kier molecular flexibility index (Phi) is 3.09. The molecule has 0 fully saturated rings. The Bertz CT molecular complexity index is 484. The van der Waals surface area contributed by atoms with Gasteiger partial charge in [0.1, 0.15) is 0 Å². The molecule has 0 aliphatic rings. The largest absolute Gasteiger partial charge is 0.352 e. The van der Waals surface area contributed by atoms with E-state index in [2.05, 4.69) is 20.8 Å². The van der Waals surface area contributed by atoms with E-state index < -0.39 is 0 Å². The zero-order chi connectivity index (χ0) is 11.2. The average Bonchev–Trinajstić information content (AvgIpc) is 2.79. The Balaban J connectivity index is 2.17. The first-order chi connectivity index (χ1) is 7.92. The number of tetrazole rings is 1. The maximum absolute atomic E-state index is 8.43. The minimum Gasteiger partial charge on any atom is -0.352 e. The monoisotopic (exact) mass is 214 g/mol. The highest BCUT2D eigenvalue weighted by molar-refractivity contribution is 5.38. The van der Waals surface area contributed by atoms with Crippen molar-refractivity contribution < 1.29 is 0 Å². The van der Waals surface area contributed by atoms with Crippen LogP contribution in [0.15, 0.2) is 30.3 Å². The molecule has 2 rings (SSSR count). The summed E-state index contributed by atoms with van der Waals surface area (Å²) < 4.78 is 1.59. The molecule has 0 saturated carbocycles. The van der Waals surface area contributed by atoms with E-state index in [0.29, 0.717) is 18.9 Å². The SMILES string of the molecule is N#CCCNc1nnnn1-c1ccccc1. The topological polar surface area (TPSA) is 79.4 Å². The van der Waals surface area contributed by atoms with E-state index in [-0.39, 0.29) is 0 Å². The Morgan fingerprint density at radius 1 is 1.31 bits per heavy atom. The van der Waals surface area contributed by atoms with Crippen molar-refractivity contribution in [3.8, 4) is 11.8 Å². The number of anilines is 1. The summed E-state index contributed by atoms with van der Waals surface area (Å²) in [5.74, 6) is 0.543. The molecule has 0 radical (unpaired) electrons. The summed E-state index contributed by atoms with van der Waals surface area (Å²) >= 11 is 0. The zero-order valence-electron chi connectivity index (χ0n) is 8.54. The molecule has 0 aliphatic heterocycles. The van der Waals surface area contributed by atoms with Crippen LogP contribution in [-0.2, 0) is 0 Å². The van der Waals surface area contributed by atoms with Crippen LogP contribution in [0.2, 0.25) is 0 Å². The minimum absolute atomic E-state index is 0.418. The van der Waals surface area contributed by atoms with Gasteiger partial charge in [0, 0.05) is 6.54 Å². The third-order valence-corrected chi connectivity index (χ3v) is 1.99. The lowest BCUT2D eigenvalue weighted by Gasteiger charge is -2.04. The van der Waals surface area contributed by atoms with Crippen LogP contribution < -0.4 is 5.32 Å². The predicted molar refractivity (Wildman–Crippen MR) is 57.9 cm³/mol. The summed E-state index contributed by atoms with van der Waals surface area (Å²) in [4.78, 5) is 0. The van der Waals surface area contributed by atoms with Crippen LogP contribution >= 0.6 is 0 Å². The van der Waals surface area contributed by atoms with Gasteiger partial charge in [0.15, 0.2) is 0 Å². The van der Waals surface area contributed by atoms with Crippen LogP contribution in [-0.4, -0.2) is 26.8 Å². The van der Waals surface area contributed by atoms with Crippen LogP contribution in [0.1, 0.15) is 6.42 Å². The number of para-hydroxylation sites is 1. The fourth-order valence-corrected chi connectivity index (χ4v) is 1.27. The van der Waals surface area contributed by atoms with Gasteiger partial charge in [0.25, 0.3) is 0 Å². The average molecular weight is 214 g/mol. The molecule has 0 unspecified atom stereocenters. The maximum Gasteiger partial charge on any atom is 0.247 e. The molecule has 6 heteroatoms. The Hall–Kier alpha value is -2.42. The standard InChI is InChI=1S/C10H10N6/c11-7-4-8-12-10-13-14-15-16(10)9-5-2-1-3-6-9/h1-3,5-6H,4,8H2,(H,12,13,15). The summed E-state index contributed by atoms with van der Waals surface area (Å²) in [6, 6.07) is 11.6. The maximum atomic E-state index is 8.43. The van der Waals surface area contributed by atoms with Crippen LogP contribution in [0.5, 0.6) is 0 Å². The number of hydrogen-bond donors (Lipinski definition) is 1. The second-order valence-corrected chi connectivity index (χ2v) is 3.08. The van der Waals surface area contributed by atoms with Crippen molar-refractivity contribution >= 4 is 5.95 Å². The van der Waals surface area contributed by atoms with Crippen molar-refractivity contribution in [2.45, 2.75) is 6.42 Å². The van der Waals surface area contributed by atoms with E-state index in [1.165, 1.54) is 0 Å². The molecule has 16 heavy (non-hydrogen) atoms. The predicted octanol–water partition coefficient (Wildman–Crippen LogP) is 0.988. The molecular weight excluding hydrogens is 204 g/mol. The minimum atomic E-state index is 0.418. The molecule has 0 amide bonds. The summed E-state index contributed by atoms with van der Waals surface area (Å²) in [5.41, 5.74) is 0.881. The highest BCUT2D eigenvalue weighted by Crippen LogP contribution is 2.09. The molecule has 1 aromatic heterocycles. The number of rotatable bonds is 4. The molecule has 0 aliphatic carbocycles. The van der Waals surface area contributed by atoms with E-state index in [1.807, 2.05) is 36.4 Å². The fourth-order valence-electron chi connectivity index (χ4n) is 1.27. The molecule has 0 atom stereocenters. The van der Waals surface area contributed by atoms with Crippen molar-refractivity contribution in [3.05, 3.63) is 30.3 Å². The third kappa shape index (κ3) is 2.15. The van der Waals surface area contributed by atoms with Gasteiger partial charge in [-0.2, -0.15) is 9.94 Å². The Morgan fingerprint density at radius 2 is 2.12 bits per heavy atom. The van der Waals surface area contributed by atoms with Crippen molar-refractivity contribution in [2.24, 2.45) is 0 Å². The van der Waals surface area contributed by atoms with Gasteiger partial charge >= 0.3 is 0 Å². The van der Waals surface area contributed by atoms with Crippen molar-refractivity contribution in [1.29, 1.82) is 5.26 Å². The first-order valence-electron chi connectivity index (χ1n) is 4.86. The lowest BCUT2D eigenvalue weighted by molar-refractivity contribution is 0.789. The molecule has 2 aromatic rings. The second kappa shape index (κ2) is 4.89. The van der Waals surface area contributed by atoms with E-state index in [0.717, 1.165) is 5.69 Å². The lowest BCUT2D eigenvalue weighted by atomic mass is 10.3. The van der Waals surface area contributed by atoms with Crippen molar-refractivity contribution in [2.75, 3.05) is 11.9 Å². The van der Waals surface area contributed by atoms with Crippen LogP contribution in [0.4, 0.5) is 5.95 Å². The smallest absolute Gasteiger partial charge is 0.247 e. The van der Waals surface area contributed by atoms with Crippen LogP contribution in [0, 0.1) is 11.3 Å². The van der Waals surface area contributed by atoms with Crippen molar-refractivity contribution in [1.82, 2.24) is 20.2 Å². The molecule has 1 heterocycles. The van der Waals surface area contributed by atoms with Crippen molar-refractivity contribution in [3.63, 3.8) is 0 Å². The molecule has 80 valence electrons. The first-order valence-corrected chi connectivity index (χ1v) is 4.86. The summed E-state index contributed by atoms with van der Waals surface area (Å²) in [6.07, 6.45) is 0.418. The molecule has 1 aromatic carbocycles. The lowest BCUT2D eigenvalue weighted by Crippen LogP contribution is -2.08. The zero-order valence-corrected chi connectivity index (χ0v) is 8.54. The summed E-state index contributed by atoms with van der Waals surface area (Å²) in [5, 5.41) is 22.7. The number of aromatic nitrogens is 4. The molecule has 0 bridgehead atoms. The van der Waals surface area contributed by atoms with Gasteiger partial charge in [0.2, 0.25) is 5.95 Å². The van der Waals surface area contributed by atoms with Gasteiger partial charge < -0.3 is 5.32 Å². The van der Waals surface area contributed by atoms with Gasteiger partial charge in [-0.15, -0.1) is 0 Å². The summed E-state index contributed by atoms with van der Waals surface area (Å²) in [6.45, 7) is 0.531. The van der Waals surface area contributed by atoms with E-state index in [1.54, 1.807) is 4.68 Å². The molecule has 1 N–H and O–H groups in total. The molecule has 0 saturated heterocycles. The number of benzene rings is 1. The van der Waals surface area contributed by atoms with Gasteiger partial charge in [-0.05, 0) is 22.6 Å². The highest BCUT2D eigenvalue weighted by Gasteiger charge is 2.05. The Labute approximate surface area is 92.5 Å². The molecule has 6 nitrogen and oxygen atoms in total. The van der Waals surface area contributed by atoms with Gasteiger partial charge in [0.05, 0.1) is 18.2 Å². The number of nitrogens with one attached hydrogen (secondary N) is 1. The number of nitrogens with zero attached hydrogens (tertiary/aromatic N) is 5. The van der Waals surface area contributed by atoms with Crippen LogP contribution in [0.25, 0.3) is 5.69 Å². The normalized spacial score (nSPS) is 9.69. The van der Waals surface area contributed by atoms with Gasteiger partial charge in [-0.25, -0.2) is 0 Å². The number of nitriles is 1. The van der Waals surface area contributed by atoms with E-state index >= 15 is 0 Å². The summed E-state index contributed by atoms with van der Waals surface area (Å²) in [7, 11) is 0. The van der Waals surface area contributed by atoms with E-state index in [9.17, 15) is 0 Å². The number of hydrogen-bond acceptors (Lipinski definition) is 5.